The van der Waals surface area contributed by atoms with Crippen LogP contribution in [0.3, 0.4) is 0 Å². The lowest BCUT2D eigenvalue weighted by Crippen LogP contribution is -2.40. The molecule has 1 aliphatic heterocycles. The Balaban J connectivity index is 2.49. The smallest absolute Gasteiger partial charge is 0.351 e. The third-order valence-corrected chi connectivity index (χ3v) is 2.75. The van der Waals surface area contributed by atoms with Gasteiger partial charge < -0.3 is 15.6 Å². The Hall–Kier alpha value is -2.09. The van der Waals surface area contributed by atoms with E-state index >= 15 is 0 Å². The van der Waals surface area contributed by atoms with Gasteiger partial charge in [-0.2, -0.15) is 4.98 Å². The molecule has 0 bridgehead atoms. The van der Waals surface area contributed by atoms with Crippen molar-refractivity contribution in [3.8, 4) is 0 Å². The molecule has 0 unspecified atom stereocenters. The van der Waals surface area contributed by atoms with E-state index in [9.17, 15) is 4.79 Å². The highest BCUT2D eigenvalue weighted by atomic mass is 16.6. The predicted molar refractivity (Wildman–Crippen MR) is 61.2 cm³/mol. The highest BCUT2D eigenvalue weighted by Gasteiger charge is 2.42. The molecule has 18 heavy (non-hydrogen) atoms. The molecule has 0 aliphatic carbocycles. The minimum atomic E-state index is -1.47. The van der Waals surface area contributed by atoms with Gasteiger partial charge in [-0.05, 0) is 23.1 Å². The Bertz CT molecular complexity index is 551. The Labute approximate surface area is 101 Å². The van der Waals surface area contributed by atoms with Crippen LogP contribution in [0.4, 0.5) is 5.82 Å². The first-order valence-electron chi connectivity index (χ1n) is 5.32. The lowest BCUT2D eigenvalue weighted by atomic mass is 10.2. The molecule has 0 spiro atoms. The minimum absolute atomic E-state index is 0.0732. The highest BCUT2D eigenvalue weighted by Crippen LogP contribution is 2.35. The molecule has 1 saturated heterocycles. The molecule has 1 aromatic rings. The van der Waals surface area contributed by atoms with Crippen molar-refractivity contribution in [1.29, 1.82) is 0 Å². The fraction of sp³-hybridized carbons (Fsp3) is 0.556. The van der Waals surface area contributed by atoms with Crippen molar-refractivity contribution in [3.05, 3.63) is 33.2 Å². The normalized spacial score (nSPS) is 26.8. The molecule has 0 aromatic carbocycles. The summed E-state index contributed by atoms with van der Waals surface area (Å²) in [7, 11) is 0. The standard InChI is InChI=1S/C9H12N6O3/c10-7-2-4-15(8(17)12-7)9(13-14-11)3-1-6(5-16)18-9/h2,4,6,16H,1,3,5H2,(H2,10,12,17)/t6-,9-/m0/s1. The SMILES string of the molecule is [N-]=[N+]=N[C@]1(n2ccc(N)nc2=O)CC[C@@H](CO)O1. The van der Waals surface area contributed by atoms with Crippen LogP contribution in [0.5, 0.6) is 0 Å². The van der Waals surface area contributed by atoms with Crippen molar-refractivity contribution in [2.45, 2.75) is 24.8 Å². The quantitative estimate of drug-likeness (QED) is 0.439. The van der Waals surface area contributed by atoms with Crippen molar-refractivity contribution in [1.82, 2.24) is 9.55 Å². The molecule has 0 radical (unpaired) electrons. The van der Waals surface area contributed by atoms with E-state index in [1.807, 2.05) is 0 Å². The van der Waals surface area contributed by atoms with E-state index in [-0.39, 0.29) is 18.8 Å². The second-order valence-corrected chi connectivity index (χ2v) is 3.90. The van der Waals surface area contributed by atoms with Crippen molar-refractivity contribution in [2.24, 2.45) is 5.11 Å². The third-order valence-electron chi connectivity index (χ3n) is 2.75. The first-order chi connectivity index (χ1) is 8.61. The van der Waals surface area contributed by atoms with E-state index in [1.54, 1.807) is 0 Å². The summed E-state index contributed by atoms with van der Waals surface area (Å²) in [4.78, 5) is 18.0. The summed E-state index contributed by atoms with van der Waals surface area (Å²) in [5, 5.41) is 12.6. The van der Waals surface area contributed by atoms with Crippen molar-refractivity contribution < 1.29 is 9.84 Å². The van der Waals surface area contributed by atoms with Gasteiger partial charge in [0.05, 0.1) is 12.7 Å². The lowest BCUT2D eigenvalue weighted by molar-refractivity contribution is -0.108. The molecule has 3 N–H and O–H groups in total. The van der Waals surface area contributed by atoms with Crippen molar-refractivity contribution >= 4 is 5.82 Å². The average Bonchev–Trinajstić information content (AvgIpc) is 2.74. The van der Waals surface area contributed by atoms with Gasteiger partial charge in [0.2, 0.25) is 5.85 Å². The molecular weight excluding hydrogens is 240 g/mol. The van der Waals surface area contributed by atoms with Gasteiger partial charge >= 0.3 is 5.69 Å². The Morgan fingerprint density at radius 1 is 1.83 bits per heavy atom. The van der Waals surface area contributed by atoms with Crippen molar-refractivity contribution in [3.63, 3.8) is 0 Å². The average molecular weight is 252 g/mol. The molecule has 0 saturated carbocycles. The van der Waals surface area contributed by atoms with E-state index in [0.717, 1.165) is 4.57 Å². The molecule has 2 heterocycles. The monoisotopic (exact) mass is 252 g/mol. The molecule has 9 nitrogen and oxygen atoms in total. The van der Waals surface area contributed by atoms with Crippen LogP contribution in [-0.4, -0.2) is 27.4 Å². The van der Waals surface area contributed by atoms with Gasteiger partial charge in [-0.1, -0.05) is 0 Å². The topological polar surface area (TPSA) is 139 Å². The van der Waals surface area contributed by atoms with Crippen LogP contribution >= 0.6 is 0 Å². The first-order valence-corrected chi connectivity index (χ1v) is 5.32. The van der Waals surface area contributed by atoms with Gasteiger partial charge in [0.25, 0.3) is 0 Å². The van der Waals surface area contributed by atoms with Crippen LogP contribution in [-0.2, 0) is 10.6 Å². The Kier molecular flexibility index (Phi) is 3.19. The maximum Gasteiger partial charge on any atom is 0.351 e. The lowest BCUT2D eigenvalue weighted by Gasteiger charge is -2.25. The molecule has 9 heteroatoms. The Morgan fingerprint density at radius 3 is 3.17 bits per heavy atom. The van der Waals surface area contributed by atoms with E-state index in [2.05, 4.69) is 15.0 Å². The van der Waals surface area contributed by atoms with Crippen LogP contribution in [0.2, 0.25) is 0 Å². The summed E-state index contributed by atoms with van der Waals surface area (Å²) in [6, 6.07) is 1.41. The summed E-state index contributed by atoms with van der Waals surface area (Å²) in [6.07, 6.45) is 1.65. The number of rotatable bonds is 3. The molecule has 96 valence electrons. The second kappa shape index (κ2) is 4.65. The summed E-state index contributed by atoms with van der Waals surface area (Å²) in [5.41, 5.74) is 13.3. The zero-order chi connectivity index (χ0) is 13.2. The molecule has 2 rings (SSSR count). The number of nitrogens with zero attached hydrogens (tertiary/aromatic N) is 5. The molecule has 1 aromatic heterocycles. The fourth-order valence-corrected chi connectivity index (χ4v) is 1.91. The van der Waals surface area contributed by atoms with Gasteiger partial charge in [0.15, 0.2) is 0 Å². The van der Waals surface area contributed by atoms with Crippen LogP contribution in [0.25, 0.3) is 10.4 Å². The maximum atomic E-state index is 11.7. The summed E-state index contributed by atoms with van der Waals surface area (Å²) in [6.45, 7) is -0.208. The van der Waals surface area contributed by atoms with Crippen LogP contribution < -0.4 is 11.4 Å². The number of anilines is 1. The summed E-state index contributed by atoms with van der Waals surface area (Å²) >= 11 is 0. The van der Waals surface area contributed by atoms with Gasteiger partial charge in [-0.15, -0.1) is 0 Å². The fourth-order valence-electron chi connectivity index (χ4n) is 1.91. The zero-order valence-electron chi connectivity index (χ0n) is 9.43. The van der Waals surface area contributed by atoms with Gasteiger partial charge in [-0.25, -0.2) is 4.79 Å². The van der Waals surface area contributed by atoms with Gasteiger partial charge in [0, 0.05) is 17.5 Å². The predicted octanol–water partition coefficient (Wildman–Crippen LogP) is -0.0826. The number of aromatic nitrogens is 2. The van der Waals surface area contributed by atoms with E-state index in [1.165, 1.54) is 12.3 Å². The third kappa shape index (κ3) is 2.02. The first kappa shape index (κ1) is 12.4. The molecule has 1 aliphatic rings. The second-order valence-electron chi connectivity index (χ2n) is 3.90. The largest absolute Gasteiger partial charge is 0.394 e. The number of nitrogens with two attached hydrogens (primary N) is 1. The molecule has 0 amide bonds. The van der Waals surface area contributed by atoms with Crippen molar-refractivity contribution in [2.75, 3.05) is 12.3 Å². The van der Waals surface area contributed by atoms with E-state index in [0.29, 0.717) is 6.42 Å². The number of nitrogen functional groups attached to an aromatic ring is 1. The summed E-state index contributed by atoms with van der Waals surface area (Å²) in [5.74, 6) is -1.40. The number of aliphatic hydroxyl groups excluding tert-OH is 1. The maximum absolute atomic E-state index is 11.7. The number of aliphatic hydroxyl groups is 1. The number of hydrogen-bond donors (Lipinski definition) is 2. The zero-order valence-corrected chi connectivity index (χ0v) is 9.43. The van der Waals surface area contributed by atoms with E-state index < -0.39 is 17.6 Å². The molecule has 1 fully saturated rings. The number of hydrogen-bond acceptors (Lipinski definition) is 6. The number of azide groups is 1. The van der Waals surface area contributed by atoms with Crippen LogP contribution in [0.1, 0.15) is 12.8 Å². The molecular formula is C9H12N6O3. The highest BCUT2D eigenvalue weighted by molar-refractivity contribution is 5.23. The van der Waals surface area contributed by atoms with Crippen LogP contribution in [0.15, 0.2) is 22.2 Å². The Morgan fingerprint density at radius 2 is 2.61 bits per heavy atom. The van der Waals surface area contributed by atoms with Gasteiger partial charge in [-0.3, -0.25) is 4.57 Å². The summed E-state index contributed by atoms with van der Waals surface area (Å²) < 4.78 is 6.54. The molecule has 2 atom stereocenters. The number of ether oxygens (including phenoxy) is 1. The van der Waals surface area contributed by atoms with Crippen LogP contribution in [0, 0.1) is 0 Å². The van der Waals surface area contributed by atoms with E-state index in [4.69, 9.17) is 21.1 Å². The van der Waals surface area contributed by atoms with Gasteiger partial charge in [0.1, 0.15) is 5.82 Å². The minimum Gasteiger partial charge on any atom is -0.394 e.